The third-order valence-corrected chi connectivity index (χ3v) is 1.58. The average molecular weight is 332 g/mol. The van der Waals surface area contributed by atoms with Crippen LogP contribution in [0.1, 0.15) is 25.7 Å². The van der Waals surface area contributed by atoms with Gasteiger partial charge in [0.25, 0.3) is 0 Å². The summed E-state index contributed by atoms with van der Waals surface area (Å²) in [6.07, 6.45) is 11.8. The molecule has 0 unspecified atom stereocenters. The van der Waals surface area contributed by atoms with Crippen LogP contribution in [-0.4, -0.2) is 7.11 Å². The Morgan fingerprint density at radius 1 is 1.36 bits per heavy atom. The zero-order valence-electron chi connectivity index (χ0n) is 6.71. The van der Waals surface area contributed by atoms with Crippen molar-refractivity contribution in [3.05, 3.63) is 24.0 Å². The quantitative estimate of drug-likeness (QED) is 0.529. The summed E-state index contributed by atoms with van der Waals surface area (Å²) in [5.74, 6) is 1.02. The maximum Gasteiger partial charge on any atom is 0.0727 e. The van der Waals surface area contributed by atoms with E-state index >= 15 is 0 Å². The molecule has 0 heterocycles. The molecule has 0 spiro atoms. The minimum absolute atomic E-state index is 0. The fourth-order valence-corrected chi connectivity index (χ4v) is 1.01. The van der Waals surface area contributed by atoms with Gasteiger partial charge >= 0.3 is 0 Å². The van der Waals surface area contributed by atoms with Crippen molar-refractivity contribution < 1.29 is 25.8 Å². The molecule has 0 aromatic carbocycles. The topological polar surface area (TPSA) is 9.23 Å². The fourth-order valence-electron chi connectivity index (χ4n) is 1.01. The fraction of sp³-hybridized carbons (Fsp3) is 0.556. The molecule has 0 fully saturated rings. The number of methoxy groups -OCH3 is 1. The molecule has 0 aromatic rings. The number of rotatable bonds is 1. The van der Waals surface area contributed by atoms with E-state index in [1.165, 1.54) is 0 Å². The van der Waals surface area contributed by atoms with Gasteiger partial charge < -0.3 is 10.8 Å². The molecule has 0 N–H and O–H groups in total. The van der Waals surface area contributed by atoms with Crippen LogP contribution in [0, 0.1) is 6.08 Å². The van der Waals surface area contributed by atoms with E-state index in [4.69, 9.17) is 4.74 Å². The van der Waals surface area contributed by atoms with Crippen molar-refractivity contribution in [2.24, 2.45) is 0 Å². The van der Waals surface area contributed by atoms with Gasteiger partial charge in [-0.05, 0) is 12.8 Å². The molecule has 66 valence electrons. The Labute approximate surface area is 82.8 Å². The van der Waals surface area contributed by atoms with Gasteiger partial charge in [-0.15, -0.1) is 0 Å². The molecule has 1 aliphatic rings. The Morgan fingerprint density at radius 2 is 2.09 bits per heavy atom. The van der Waals surface area contributed by atoms with Crippen LogP contribution in [0.2, 0.25) is 0 Å². The molecule has 0 radical (unpaired) electrons. The number of ether oxygens (including phenoxy) is 1. The Morgan fingerprint density at radius 3 is 2.82 bits per heavy atom. The van der Waals surface area contributed by atoms with Gasteiger partial charge in [-0.3, -0.25) is 0 Å². The van der Waals surface area contributed by atoms with Crippen LogP contribution in [0.4, 0.5) is 0 Å². The maximum absolute atomic E-state index is 5.10. The molecule has 0 aromatic heterocycles. The van der Waals surface area contributed by atoms with E-state index in [9.17, 15) is 0 Å². The Hall–Kier alpha value is -0.0317. The first-order valence-corrected chi connectivity index (χ1v) is 3.72. The molecule has 0 bridgehead atoms. The molecule has 2 heteroatoms. The van der Waals surface area contributed by atoms with Crippen LogP contribution < -0.4 is 0 Å². The summed E-state index contributed by atoms with van der Waals surface area (Å²) in [5, 5.41) is 0. The Kier molecular flexibility index (Phi) is 6.65. The molecule has 0 amide bonds. The van der Waals surface area contributed by atoms with Crippen LogP contribution in [0.25, 0.3) is 0 Å². The standard InChI is InChI=1S/C9H13O.Pt/c1-10-9-7-5-3-2-4-6-8-9;/h2-3H,4-7H2,1H3;/q-1;/b3-2-;. The van der Waals surface area contributed by atoms with Crippen molar-refractivity contribution in [1.82, 2.24) is 0 Å². The molecule has 11 heavy (non-hydrogen) atoms. The van der Waals surface area contributed by atoms with Gasteiger partial charge in [0.1, 0.15) is 0 Å². The monoisotopic (exact) mass is 332 g/mol. The summed E-state index contributed by atoms with van der Waals surface area (Å²) in [6, 6.07) is 0. The van der Waals surface area contributed by atoms with Gasteiger partial charge in [-0.1, -0.05) is 24.3 Å². The normalized spacial score (nSPS) is 20.3. The molecule has 1 nitrogen and oxygen atoms in total. The zero-order chi connectivity index (χ0) is 7.23. The van der Waals surface area contributed by atoms with Crippen molar-refractivity contribution in [1.29, 1.82) is 0 Å². The van der Waals surface area contributed by atoms with Crippen LogP contribution in [0.5, 0.6) is 0 Å². The van der Waals surface area contributed by atoms with E-state index in [2.05, 4.69) is 18.2 Å². The first-order valence-electron chi connectivity index (χ1n) is 3.72. The van der Waals surface area contributed by atoms with Crippen LogP contribution in [0.3, 0.4) is 0 Å². The second kappa shape index (κ2) is 6.66. The van der Waals surface area contributed by atoms with Crippen LogP contribution >= 0.6 is 0 Å². The van der Waals surface area contributed by atoms with E-state index in [0.29, 0.717) is 0 Å². The maximum atomic E-state index is 5.10. The predicted octanol–water partition coefficient (Wildman–Crippen LogP) is 2.45. The van der Waals surface area contributed by atoms with E-state index in [1.807, 2.05) is 0 Å². The van der Waals surface area contributed by atoms with E-state index in [-0.39, 0.29) is 21.1 Å². The largest absolute Gasteiger partial charge is 0.538 e. The van der Waals surface area contributed by atoms with Gasteiger partial charge in [-0.25, -0.2) is 0 Å². The minimum atomic E-state index is 0. The van der Waals surface area contributed by atoms with E-state index < -0.39 is 0 Å². The van der Waals surface area contributed by atoms with E-state index in [0.717, 1.165) is 31.4 Å². The Balaban J connectivity index is 0.000001000. The summed E-state index contributed by atoms with van der Waals surface area (Å²) in [7, 11) is 1.72. The summed E-state index contributed by atoms with van der Waals surface area (Å²) >= 11 is 0. The van der Waals surface area contributed by atoms with Crippen LogP contribution in [0.15, 0.2) is 17.9 Å². The summed E-state index contributed by atoms with van der Waals surface area (Å²) in [4.78, 5) is 0. The second-order valence-electron chi connectivity index (χ2n) is 2.35. The molecule has 1 rings (SSSR count). The molecular formula is C9H13OPt-. The number of allylic oxidation sites excluding steroid dienone is 4. The van der Waals surface area contributed by atoms with Gasteiger partial charge in [0.2, 0.25) is 0 Å². The summed E-state index contributed by atoms with van der Waals surface area (Å²) in [5.41, 5.74) is 0. The average Bonchev–Trinajstić information content (AvgIpc) is 1.87. The predicted molar refractivity (Wildman–Crippen MR) is 41.4 cm³/mol. The number of hydrogen-bond donors (Lipinski definition) is 0. The van der Waals surface area contributed by atoms with Crippen molar-refractivity contribution in [3.63, 3.8) is 0 Å². The van der Waals surface area contributed by atoms with E-state index in [1.54, 1.807) is 7.11 Å². The third-order valence-electron chi connectivity index (χ3n) is 1.58. The SMILES string of the molecule is COC1=[C-]CC/C=C\CC1.[Pt]. The summed E-state index contributed by atoms with van der Waals surface area (Å²) < 4.78 is 5.10. The molecule has 0 saturated heterocycles. The van der Waals surface area contributed by atoms with Gasteiger partial charge in [0.15, 0.2) is 0 Å². The van der Waals surface area contributed by atoms with Gasteiger partial charge in [0, 0.05) is 21.1 Å². The summed E-state index contributed by atoms with van der Waals surface area (Å²) in [6.45, 7) is 0. The first-order chi connectivity index (χ1) is 4.93. The van der Waals surface area contributed by atoms with Crippen molar-refractivity contribution in [2.45, 2.75) is 25.7 Å². The van der Waals surface area contributed by atoms with Gasteiger partial charge in [-0.2, -0.15) is 6.42 Å². The number of hydrogen-bond acceptors (Lipinski definition) is 1. The minimum Gasteiger partial charge on any atom is -0.538 e. The van der Waals surface area contributed by atoms with Crippen molar-refractivity contribution in [3.8, 4) is 0 Å². The molecule has 1 aliphatic carbocycles. The van der Waals surface area contributed by atoms with Crippen molar-refractivity contribution >= 4 is 0 Å². The van der Waals surface area contributed by atoms with Crippen LogP contribution in [-0.2, 0) is 25.8 Å². The second-order valence-corrected chi connectivity index (χ2v) is 2.35. The third kappa shape index (κ3) is 4.42. The van der Waals surface area contributed by atoms with Gasteiger partial charge in [0.05, 0.1) is 7.11 Å². The molecular weight excluding hydrogens is 319 g/mol. The zero-order valence-corrected chi connectivity index (χ0v) is 8.98. The van der Waals surface area contributed by atoms with Crippen molar-refractivity contribution in [2.75, 3.05) is 7.11 Å². The smallest absolute Gasteiger partial charge is 0.0727 e. The first kappa shape index (κ1) is 11.0. The Bertz CT molecular complexity index is 150. The molecule has 0 atom stereocenters. The molecule has 0 aliphatic heterocycles. The molecule has 0 saturated carbocycles.